The van der Waals surface area contributed by atoms with Gasteiger partial charge in [0.25, 0.3) is 5.89 Å². The van der Waals surface area contributed by atoms with Crippen molar-refractivity contribution in [2.75, 3.05) is 0 Å². The van der Waals surface area contributed by atoms with Crippen molar-refractivity contribution in [1.82, 2.24) is 4.98 Å². The highest BCUT2D eigenvalue weighted by molar-refractivity contribution is 9.10. The number of hydrogen-bond acceptors (Lipinski definition) is 4. The number of nitrogens with zero attached hydrogens (tertiary/aromatic N) is 1. The normalized spacial score (nSPS) is 11.3. The van der Waals surface area contributed by atoms with Crippen molar-refractivity contribution < 1.29 is 8.83 Å². The first-order valence-electron chi connectivity index (χ1n) is 6.30. The Morgan fingerprint density at radius 2 is 1.86 bits per heavy atom. The molecule has 0 atom stereocenters. The van der Waals surface area contributed by atoms with E-state index in [1.54, 1.807) is 12.1 Å². The SMILES string of the molecule is O=c1oc(-c2cc3ccccc3o2)nc2ccc(Br)cc12. The highest BCUT2D eigenvalue weighted by Crippen LogP contribution is 2.27. The van der Waals surface area contributed by atoms with Gasteiger partial charge in [0.1, 0.15) is 5.58 Å². The number of benzene rings is 2. The molecule has 5 heteroatoms. The predicted molar refractivity (Wildman–Crippen MR) is 83.2 cm³/mol. The molecule has 0 amide bonds. The van der Waals surface area contributed by atoms with Crippen LogP contribution in [0.2, 0.25) is 0 Å². The lowest BCUT2D eigenvalue weighted by Gasteiger charge is -1.99. The van der Waals surface area contributed by atoms with E-state index >= 15 is 0 Å². The van der Waals surface area contributed by atoms with Crippen molar-refractivity contribution >= 4 is 37.8 Å². The third kappa shape index (κ3) is 2.06. The van der Waals surface area contributed by atoms with Crippen molar-refractivity contribution in [1.29, 1.82) is 0 Å². The van der Waals surface area contributed by atoms with Gasteiger partial charge in [-0.3, -0.25) is 0 Å². The van der Waals surface area contributed by atoms with Crippen LogP contribution in [0.15, 0.2) is 66.6 Å². The lowest BCUT2D eigenvalue weighted by molar-refractivity contribution is 0.491. The summed E-state index contributed by atoms with van der Waals surface area (Å²) in [7, 11) is 0. The summed E-state index contributed by atoms with van der Waals surface area (Å²) < 4.78 is 11.8. The molecule has 21 heavy (non-hydrogen) atoms. The highest BCUT2D eigenvalue weighted by atomic mass is 79.9. The first kappa shape index (κ1) is 12.3. The molecule has 0 unspecified atom stereocenters. The molecule has 0 spiro atoms. The van der Waals surface area contributed by atoms with E-state index in [2.05, 4.69) is 20.9 Å². The molecule has 0 aliphatic rings. The van der Waals surface area contributed by atoms with Gasteiger partial charge in [-0.2, -0.15) is 0 Å². The number of furan rings is 1. The topological polar surface area (TPSA) is 56.2 Å². The number of para-hydroxylation sites is 1. The minimum Gasteiger partial charge on any atom is -0.451 e. The molecule has 0 radical (unpaired) electrons. The smallest absolute Gasteiger partial charge is 0.347 e. The first-order chi connectivity index (χ1) is 10.2. The van der Waals surface area contributed by atoms with E-state index in [0.29, 0.717) is 16.7 Å². The maximum atomic E-state index is 12.1. The van der Waals surface area contributed by atoms with Gasteiger partial charge in [0.05, 0.1) is 10.9 Å². The summed E-state index contributed by atoms with van der Waals surface area (Å²) >= 11 is 3.33. The van der Waals surface area contributed by atoms with Crippen LogP contribution < -0.4 is 5.63 Å². The molecule has 2 aromatic carbocycles. The van der Waals surface area contributed by atoms with Crippen LogP contribution in [0.1, 0.15) is 0 Å². The zero-order valence-electron chi connectivity index (χ0n) is 10.7. The maximum absolute atomic E-state index is 12.1. The van der Waals surface area contributed by atoms with Crippen molar-refractivity contribution in [2.24, 2.45) is 0 Å². The van der Waals surface area contributed by atoms with Crippen molar-refractivity contribution in [3.05, 3.63) is 63.4 Å². The van der Waals surface area contributed by atoms with Crippen LogP contribution in [0.5, 0.6) is 0 Å². The molecule has 0 N–H and O–H groups in total. The molecule has 4 rings (SSSR count). The van der Waals surface area contributed by atoms with Gasteiger partial charge in [-0.1, -0.05) is 34.1 Å². The van der Waals surface area contributed by atoms with Crippen molar-refractivity contribution in [3.63, 3.8) is 0 Å². The van der Waals surface area contributed by atoms with E-state index in [1.807, 2.05) is 36.4 Å². The summed E-state index contributed by atoms with van der Waals surface area (Å²) in [6.07, 6.45) is 0. The van der Waals surface area contributed by atoms with Gasteiger partial charge in [-0.25, -0.2) is 9.78 Å². The standard InChI is InChI=1S/C16H8BrNO3/c17-10-5-6-12-11(8-10)16(19)21-15(18-12)14-7-9-3-1-2-4-13(9)20-14/h1-8H. The van der Waals surface area contributed by atoms with E-state index in [4.69, 9.17) is 8.83 Å². The molecule has 0 saturated heterocycles. The van der Waals surface area contributed by atoms with E-state index in [9.17, 15) is 4.79 Å². The molecule has 0 aliphatic heterocycles. The Morgan fingerprint density at radius 3 is 2.71 bits per heavy atom. The molecule has 0 fully saturated rings. The van der Waals surface area contributed by atoms with Crippen LogP contribution in [0.3, 0.4) is 0 Å². The summed E-state index contributed by atoms with van der Waals surface area (Å²) in [6, 6.07) is 14.7. The predicted octanol–water partition coefficient (Wildman–Crippen LogP) is 4.36. The molecule has 2 aromatic heterocycles. The molecule has 0 aliphatic carbocycles. The second-order valence-corrected chi connectivity index (χ2v) is 5.53. The van der Waals surface area contributed by atoms with Crippen LogP contribution in [0, 0.1) is 0 Å². The lowest BCUT2D eigenvalue weighted by atomic mass is 10.2. The summed E-state index contributed by atoms with van der Waals surface area (Å²) in [5.74, 6) is 0.629. The van der Waals surface area contributed by atoms with E-state index < -0.39 is 5.63 Å². The molecule has 0 saturated carbocycles. The second-order valence-electron chi connectivity index (χ2n) is 4.62. The summed E-state index contributed by atoms with van der Waals surface area (Å²) in [5.41, 5.74) is 0.870. The molecule has 2 heterocycles. The van der Waals surface area contributed by atoms with Gasteiger partial charge >= 0.3 is 5.63 Å². The second kappa shape index (κ2) is 4.56. The summed E-state index contributed by atoms with van der Waals surface area (Å²) in [6.45, 7) is 0. The zero-order chi connectivity index (χ0) is 14.4. The van der Waals surface area contributed by atoms with Crippen LogP contribution >= 0.6 is 15.9 Å². The Kier molecular flexibility index (Phi) is 2.68. The van der Waals surface area contributed by atoms with Crippen molar-refractivity contribution in [3.8, 4) is 11.7 Å². The number of hydrogen-bond donors (Lipinski definition) is 0. The fourth-order valence-corrected chi connectivity index (χ4v) is 2.60. The maximum Gasteiger partial charge on any atom is 0.347 e. The fourth-order valence-electron chi connectivity index (χ4n) is 2.24. The minimum atomic E-state index is -0.434. The number of fused-ring (bicyclic) bond motifs is 2. The third-order valence-electron chi connectivity index (χ3n) is 3.23. The highest BCUT2D eigenvalue weighted by Gasteiger charge is 2.13. The summed E-state index contributed by atoms with van der Waals surface area (Å²) in [4.78, 5) is 16.4. The largest absolute Gasteiger partial charge is 0.451 e. The minimum absolute atomic E-state index is 0.186. The Hall–Kier alpha value is -2.40. The first-order valence-corrected chi connectivity index (χ1v) is 7.09. The van der Waals surface area contributed by atoms with Crippen LogP contribution in [-0.4, -0.2) is 4.98 Å². The van der Waals surface area contributed by atoms with Gasteiger partial charge in [0.2, 0.25) is 0 Å². The molecule has 4 aromatic rings. The average molecular weight is 342 g/mol. The zero-order valence-corrected chi connectivity index (χ0v) is 12.3. The number of rotatable bonds is 1. The monoisotopic (exact) mass is 341 g/mol. The van der Waals surface area contributed by atoms with E-state index in [-0.39, 0.29) is 5.89 Å². The average Bonchev–Trinajstić information content (AvgIpc) is 2.92. The lowest BCUT2D eigenvalue weighted by Crippen LogP contribution is -2.02. The van der Waals surface area contributed by atoms with Gasteiger partial charge in [0, 0.05) is 9.86 Å². The Morgan fingerprint density at radius 1 is 1.00 bits per heavy atom. The van der Waals surface area contributed by atoms with E-state index in [1.165, 1.54) is 0 Å². The van der Waals surface area contributed by atoms with Crippen LogP contribution in [0.25, 0.3) is 33.5 Å². The molecular weight excluding hydrogens is 334 g/mol. The van der Waals surface area contributed by atoms with Gasteiger partial charge in [-0.05, 0) is 30.3 Å². The molecule has 0 bridgehead atoms. The van der Waals surface area contributed by atoms with Crippen molar-refractivity contribution in [2.45, 2.75) is 0 Å². The molecule has 102 valence electrons. The summed E-state index contributed by atoms with van der Waals surface area (Å²) in [5, 5.41) is 1.37. The number of aromatic nitrogens is 1. The Labute approximate surface area is 127 Å². The van der Waals surface area contributed by atoms with E-state index in [0.717, 1.165) is 15.4 Å². The third-order valence-corrected chi connectivity index (χ3v) is 3.72. The Bertz CT molecular complexity index is 999. The van der Waals surface area contributed by atoms with Gasteiger partial charge in [0.15, 0.2) is 5.76 Å². The van der Waals surface area contributed by atoms with Crippen LogP contribution in [0.4, 0.5) is 0 Å². The molecule has 4 nitrogen and oxygen atoms in total. The number of halogens is 1. The van der Waals surface area contributed by atoms with Gasteiger partial charge in [-0.15, -0.1) is 0 Å². The van der Waals surface area contributed by atoms with Crippen LogP contribution in [-0.2, 0) is 0 Å². The molecular formula is C16H8BrNO3. The Balaban J connectivity index is 1.98. The fraction of sp³-hybridized carbons (Fsp3) is 0. The quantitative estimate of drug-likeness (QED) is 0.516. The van der Waals surface area contributed by atoms with Gasteiger partial charge < -0.3 is 8.83 Å².